The van der Waals surface area contributed by atoms with E-state index in [0.717, 1.165) is 5.56 Å². The van der Waals surface area contributed by atoms with Crippen LogP contribution in [0.4, 0.5) is 0 Å². The number of carbonyl (C=O) groups excluding carboxylic acids is 1. The molecule has 0 spiro atoms. The van der Waals surface area contributed by atoms with E-state index in [-0.39, 0.29) is 4.90 Å². The standard InChI is InChI=1S/C14H17N3O3S/c1-10-4-6-13(7-5-10)21(19,20)11(2)16-14(18)12-8-15-17(3)9-12/h4-9,11H,1-3H3,(H,16,18). The molecule has 0 saturated carbocycles. The van der Waals surface area contributed by atoms with Crippen molar-refractivity contribution in [3.63, 3.8) is 0 Å². The van der Waals surface area contributed by atoms with Crippen molar-refractivity contribution in [2.24, 2.45) is 7.05 Å². The molecule has 1 amide bonds. The van der Waals surface area contributed by atoms with Gasteiger partial charge >= 0.3 is 0 Å². The third kappa shape index (κ3) is 3.30. The minimum absolute atomic E-state index is 0.187. The SMILES string of the molecule is Cc1ccc(S(=O)(=O)C(C)NC(=O)c2cnn(C)c2)cc1. The zero-order chi connectivity index (χ0) is 15.6. The Bertz CT molecular complexity index is 748. The Morgan fingerprint density at radius 2 is 1.90 bits per heavy atom. The Balaban J connectivity index is 2.17. The second-order valence-corrected chi connectivity index (χ2v) is 7.14. The fourth-order valence-corrected chi connectivity index (χ4v) is 3.00. The molecule has 0 radical (unpaired) electrons. The maximum Gasteiger partial charge on any atom is 0.255 e. The first-order valence-electron chi connectivity index (χ1n) is 6.41. The molecule has 7 heteroatoms. The lowest BCUT2D eigenvalue weighted by Crippen LogP contribution is -2.38. The van der Waals surface area contributed by atoms with Crippen LogP contribution in [0.1, 0.15) is 22.8 Å². The Labute approximate surface area is 123 Å². The van der Waals surface area contributed by atoms with Gasteiger partial charge < -0.3 is 5.32 Å². The molecule has 1 aromatic carbocycles. The topological polar surface area (TPSA) is 81.1 Å². The van der Waals surface area contributed by atoms with E-state index in [9.17, 15) is 13.2 Å². The summed E-state index contributed by atoms with van der Waals surface area (Å²) in [4.78, 5) is 12.2. The predicted octanol–water partition coefficient (Wildman–Crippen LogP) is 1.28. The molecular weight excluding hydrogens is 290 g/mol. The van der Waals surface area contributed by atoms with Crippen molar-refractivity contribution < 1.29 is 13.2 Å². The highest BCUT2D eigenvalue weighted by molar-refractivity contribution is 7.92. The smallest absolute Gasteiger partial charge is 0.255 e. The van der Waals surface area contributed by atoms with Crippen molar-refractivity contribution in [2.75, 3.05) is 0 Å². The molecule has 6 nitrogen and oxygen atoms in total. The molecule has 1 heterocycles. The first kappa shape index (κ1) is 15.2. The van der Waals surface area contributed by atoms with Gasteiger partial charge in [-0.1, -0.05) is 17.7 Å². The molecule has 0 fully saturated rings. The molecule has 0 bridgehead atoms. The molecule has 1 N–H and O–H groups in total. The van der Waals surface area contributed by atoms with Gasteiger partial charge in [-0.3, -0.25) is 9.48 Å². The van der Waals surface area contributed by atoms with Crippen LogP contribution < -0.4 is 5.32 Å². The molecule has 0 aliphatic rings. The van der Waals surface area contributed by atoms with Gasteiger partial charge in [0, 0.05) is 13.2 Å². The van der Waals surface area contributed by atoms with Crippen LogP contribution in [0.15, 0.2) is 41.6 Å². The normalized spacial score (nSPS) is 12.9. The van der Waals surface area contributed by atoms with Crippen molar-refractivity contribution >= 4 is 15.7 Å². The maximum atomic E-state index is 12.4. The molecule has 1 unspecified atom stereocenters. The minimum atomic E-state index is -3.61. The van der Waals surface area contributed by atoms with E-state index in [4.69, 9.17) is 0 Å². The number of hydrogen-bond acceptors (Lipinski definition) is 4. The zero-order valence-corrected chi connectivity index (χ0v) is 12.9. The third-order valence-electron chi connectivity index (χ3n) is 3.12. The second-order valence-electron chi connectivity index (χ2n) is 4.88. The Morgan fingerprint density at radius 3 is 2.43 bits per heavy atom. The van der Waals surface area contributed by atoms with Gasteiger partial charge in [0.25, 0.3) is 5.91 Å². The van der Waals surface area contributed by atoms with Crippen LogP contribution in [0.25, 0.3) is 0 Å². The van der Waals surface area contributed by atoms with Gasteiger partial charge in [-0.15, -0.1) is 0 Å². The van der Waals surface area contributed by atoms with Crippen LogP contribution in [0.5, 0.6) is 0 Å². The van der Waals surface area contributed by atoms with Crippen molar-refractivity contribution in [2.45, 2.75) is 24.1 Å². The van der Waals surface area contributed by atoms with Gasteiger partial charge in [-0.05, 0) is 26.0 Å². The molecule has 0 aliphatic heterocycles. The van der Waals surface area contributed by atoms with Crippen LogP contribution in [-0.4, -0.2) is 29.5 Å². The lowest BCUT2D eigenvalue weighted by Gasteiger charge is -2.14. The number of nitrogens with zero attached hydrogens (tertiary/aromatic N) is 2. The predicted molar refractivity (Wildman–Crippen MR) is 78.5 cm³/mol. The van der Waals surface area contributed by atoms with E-state index in [2.05, 4.69) is 10.4 Å². The Hall–Kier alpha value is -2.15. The monoisotopic (exact) mass is 307 g/mol. The van der Waals surface area contributed by atoms with E-state index >= 15 is 0 Å². The molecule has 2 rings (SSSR count). The summed E-state index contributed by atoms with van der Waals surface area (Å²) in [6, 6.07) is 6.53. The highest BCUT2D eigenvalue weighted by atomic mass is 32.2. The third-order valence-corrected chi connectivity index (χ3v) is 5.09. The number of amides is 1. The summed E-state index contributed by atoms with van der Waals surface area (Å²) in [7, 11) is -1.93. The first-order valence-corrected chi connectivity index (χ1v) is 7.95. The lowest BCUT2D eigenvalue weighted by atomic mass is 10.2. The Kier molecular flexibility index (Phi) is 4.13. The summed E-state index contributed by atoms with van der Waals surface area (Å²) in [6.07, 6.45) is 2.92. The van der Waals surface area contributed by atoms with Crippen LogP contribution in [0.2, 0.25) is 0 Å². The number of aromatic nitrogens is 2. The van der Waals surface area contributed by atoms with Crippen molar-refractivity contribution in [3.8, 4) is 0 Å². The van der Waals surface area contributed by atoms with Crippen LogP contribution in [0, 0.1) is 6.92 Å². The number of aryl methyl sites for hydroxylation is 2. The fourth-order valence-electron chi connectivity index (χ4n) is 1.82. The van der Waals surface area contributed by atoms with Gasteiger partial charge in [0.15, 0.2) is 9.84 Å². The van der Waals surface area contributed by atoms with Crippen LogP contribution in [0.3, 0.4) is 0 Å². The minimum Gasteiger partial charge on any atom is -0.335 e. The first-order chi connectivity index (χ1) is 9.80. The average Bonchev–Trinajstić information content (AvgIpc) is 2.86. The van der Waals surface area contributed by atoms with Gasteiger partial charge in [-0.2, -0.15) is 5.10 Å². The average molecular weight is 307 g/mol. The van der Waals surface area contributed by atoms with Crippen molar-refractivity contribution in [1.82, 2.24) is 15.1 Å². The molecule has 0 saturated heterocycles. The largest absolute Gasteiger partial charge is 0.335 e. The van der Waals surface area contributed by atoms with Crippen LogP contribution >= 0.6 is 0 Å². The zero-order valence-electron chi connectivity index (χ0n) is 12.1. The molecule has 1 atom stereocenters. The number of carbonyl (C=O) groups is 1. The maximum absolute atomic E-state index is 12.4. The van der Waals surface area contributed by atoms with Crippen LogP contribution in [-0.2, 0) is 16.9 Å². The summed E-state index contributed by atoms with van der Waals surface area (Å²) in [5.74, 6) is -0.466. The summed E-state index contributed by atoms with van der Waals surface area (Å²) in [5.41, 5.74) is 1.30. The number of sulfone groups is 1. The fraction of sp³-hybridized carbons (Fsp3) is 0.286. The lowest BCUT2D eigenvalue weighted by molar-refractivity contribution is 0.0950. The van der Waals surface area contributed by atoms with E-state index in [1.807, 2.05) is 6.92 Å². The molecular formula is C14H17N3O3S. The summed E-state index contributed by atoms with van der Waals surface area (Å²) < 4.78 is 26.2. The highest BCUT2D eigenvalue weighted by Gasteiger charge is 2.25. The van der Waals surface area contributed by atoms with Gasteiger partial charge in [0.05, 0.1) is 16.7 Å². The summed E-state index contributed by atoms with van der Waals surface area (Å²) in [5, 5.41) is 5.34. The number of hydrogen-bond donors (Lipinski definition) is 1. The molecule has 21 heavy (non-hydrogen) atoms. The van der Waals surface area contributed by atoms with Crippen molar-refractivity contribution in [3.05, 3.63) is 47.8 Å². The molecule has 2 aromatic rings. The van der Waals surface area contributed by atoms with Gasteiger partial charge in [-0.25, -0.2) is 8.42 Å². The highest BCUT2D eigenvalue weighted by Crippen LogP contribution is 2.15. The molecule has 0 aliphatic carbocycles. The van der Waals surface area contributed by atoms with E-state index < -0.39 is 21.1 Å². The number of rotatable bonds is 4. The second kappa shape index (κ2) is 5.69. The summed E-state index contributed by atoms with van der Waals surface area (Å²) in [6.45, 7) is 3.33. The van der Waals surface area contributed by atoms with Gasteiger partial charge in [0.1, 0.15) is 5.37 Å². The summed E-state index contributed by atoms with van der Waals surface area (Å²) >= 11 is 0. The number of benzene rings is 1. The van der Waals surface area contributed by atoms with E-state index in [1.54, 1.807) is 19.2 Å². The van der Waals surface area contributed by atoms with Crippen molar-refractivity contribution in [1.29, 1.82) is 0 Å². The molecule has 112 valence electrons. The van der Waals surface area contributed by atoms with E-state index in [1.165, 1.54) is 36.1 Å². The number of nitrogens with one attached hydrogen (secondary N) is 1. The van der Waals surface area contributed by atoms with E-state index in [0.29, 0.717) is 5.56 Å². The molecule has 1 aromatic heterocycles. The Morgan fingerprint density at radius 1 is 1.29 bits per heavy atom. The van der Waals surface area contributed by atoms with Gasteiger partial charge in [0.2, 0.25) is 0 Å². The quantitative estimate of drug-likeness (QED) is 0.922.